The Hall–Kier alpha value is -2.25. The summed E-state index contributed by atoms with van der Waals surface area (Å²) >= 11 is 0. The van der Waals surface area contributed by atoms with Crippen LogP contribution in [0, 0.1) is 0 Å². The van der Waals surface area contributed by atoms with Gasteiger partial charge in [0.15, 0.2) is 5.65 Å². The molecular formula is C22H26N4O2S. The second-order valence-electron chi connectivity index (χ2n) is 8.20. The SMILES string of the molecule is O=S(=O)(NCc1nc2cccnc2n1C1CC1)c1ccc(C2CCCCC2)cc1. The molecule has 2 aliphatic carbocycles. The Morgan fingerprint density at radius 3 is 2.48 bits per heavy atom. The van der Waals surface area contributed by atoms with E-state index in [2.05, 4.69) is 19.3 Å². The van der Waals surface area contributed by atoms with Crippen molar-refractivity contribution in [1.82, 2.24) is 19.3 Å². The van der Waals surface area contributed by atoms with Crippen LogP contribution in [0.4, 0.5) is 0 Å². The maximum atomic E-state index is 12.8. The molecule has 1 N–H and O–H groups in total. The summed E-state index contributed by atoms with van der Waals surface area (Å²) < 4.78 is 30.5. The highest BCUT2D eigenvalue weighted by atomic mass is 32.2. The molecule has 0 unspecified atom stereocenters. The molecule has 2 saturated carbocycles. The lowest BCUT2D eigenvalue weighted by Crippen LogP contribution is -2.25. The molecule has 2 fully saturated rings. The van der Waals surface area contributed by atoms with Gasteiger partial charge in [0, 0.05) is 12.2 Å². The zero-order valence-electron chi connectivity index (χ0n) is 16.4. The minimum atomic E-state index is -3.59. The number of fused-ring (bicyclic) bond motifs is 1. The van der Waals surface area contributed by atoms with Gasteiger partial charge in [-0.05, 0) is 61.4 Å². The number of pyridine rings is 1. The Balaban J connectivity index is 1.34. The van der Waals surface area contributed by atoms with E-state index in [4.69, 9.17) is 0 Å². The van der Waals surface area contributed by atoms with Crippen LogP contribution in [0.3, 0.4) is 0 Å². The largest absolute Gasteiger partial charge is 0.308 e. The van der Waals surface area contributed by atoms with E-state index in [1.165, 1.54) is 37.7 Å². The number of hydrogen-bond donors (Lipinski definition) is 1. The predicted molar refractivity (Wildman–Crippen MR) is 112 cm³/mol. The number of rotatable bonds is 6. The van der Waals surface area contributed by atoms with Crippen molar-refractivity contribution in [1.29, 1.82) is 0 Å². The van der Waals surface area contributed by atoms with Crippen LogP contribution in [0.15, 0.2) is 47.5 Å². The molecule has 0 amide bonds. The van der Waals surface area contributed by atoms with Gasteiger partial charge in [-0.15, -0.1) is 0 Å². The van der Waals surface area contributed by atoms with Crippen LogP contribution in [-0.2, 0) is 16.6 Å². The monoisotopic (exact) mass is 410 g/mol. The highest BCUT2D eigenvalue weighted by molar-refractivity contribution is 7.89. The fourth-order valence-electron chi connectivity index (χ4n) is 4.42. The van der Waals surface area contributed by atoms with Crippen molar-refractivity contribution >= 4 is 21.2 Å². The Morgan fingerprint density at radius 1 is 1.00 bits per heavy atom. The highest BCUT2D eigenvalue weighted by Crippen LogP contribution is 2.38. The Kier molecular flexibility index (Phi) is 4.87. The smallest absolute Gasteiger partial charge is 0.240 e. The number of imidazole rings is 1. The van der Waals surface area contributed by atoms with Gasteiger partial charge in [0.1, 0.15) is 11.3 Å². The molecule has 7 heteroatoms. The van der Waals surface area contributed by atoms with E-state index in [0.717, 1.165) is 29.8 Å². The fourth-order valence-corrected chi connectivity index (χ4v) is 5.40. The van der Waals surface area contributed by atoms with E-state index in [-0.39, 0.29) is 6.54 Å². The van der Waals surface area contributed by atoms with Crippen molar-refractivity contribution in [2.45, 2.75) is 68.3 Å². The predicted octanol–water partition coefficient (Wildman–Crippen LogP) is 4.29. The van der Waals surface area contributed by atoms with Gasteiger partial charge in [-0.25, -0.2) is 23.1 Å². The van der Waals surface area contributed by atoms with Crippen molar-refractivity contribution in [3.05, 3.63) is 54.0 Å². The standard InChI is InChI=1S/C22H26N4O2S/c27-29(28,19-12-8-17(9-13-19)16-5-2-1-3-6-16)24-15-21-25-20-7-4-14-23-22(20)26(21)18-10-11-18/h4,7-9,12-14,16,18,24H,1-3,5-6,10-11,15H2. The quantitative estimate of drug-likeness (QED) is 0.658. The van der Waals surface area contributed by atoms with E-state index in [1.54, 1.807) is 18.3 Å². The van der Waals surface area contributed by atoms with Gasteiger partial charge >= 0.3 is 0 Å². The van der Waals surface area contributed by atoms with Crippen LogP contribution in [0.1, 0.15) is 68.3 Å². The first-order valence-corrected chi connectivity index (χ1v) is 12.0. The summed E-state index contributed by atoms with van der Waals surface area (Å²) in [7, 11) is -3.59. The zero-order valence-corrected chi connectivity index (χ0v) is 17.2. The average Bonchev–Trinajstić information content (AvgIpc) is 3.53. The third kappa shape index (κ3) is 3.81. The van der Waals surface area contributed by atoms with E-state index >= 15 is 0 Å². The second kappa shape index (κ2) is 7.54. The lowest BCUT2D eigenvalue weighted by atomic mass is 9.84. The summed E-state index contributed by atoms with van der Waals surface area (Å²) in [6.07, 6.45) is 10.2. The van der Waals surface area contributed by atoms with Gasteiger partial charge in [0.2, 0.25) is 10.0 Å². The fraction of sp³-hybridized carbons (Fsp3) is 0.455. The van der Waals surface area contributed by atoms with Crippen LogP contribution in [0.2, 0.25) is 0 Å². The molecule has 0 radical (unpaired) electrons. The summed E-state index contributed by atoms with van der Waals surface area (Å²) in [6, 6.07) is 11.6. The van der Waals surface area contributed by atoms with E-state index in [1.807, 2.05) is 24.3 Å². The lowest BCUT2D eigenvalue weighted by Gasteiger charge is -2.22. The molecule has 6 nitrogen and oxygen atoms in total. The van der Waals surface area contributed by atoms with Crippen LogP contribution in [0.25, 0.3) is 11.2 Å². The average molecular weight is 411 g/mol. The molecule has 152 valence electrons. The maximum Gasteiger partial charge on any atom is 0.240 e. The maximum absolute atomic E-state index is 12.8. The molecule has 0 atom stereocenters. The van der Waals surface area contributed by atoms with Crippen molar-refractivity contribution in [2.24, 2.45) is 0 Å². The minimum Gasteiger partial charge on any atom is -0.308 e. The minimum absolute atomic E-state index is 0.166. The van der Waals surface area contributed by atoms with Crippen molar-refractivity contribution in [2.75, 3.05) is 0 Å². The number of nitrogens with one attached hydrogen (secondary N) is 1. The van der Waals surface area contributed by atoms with E-state index in [9.17, 15) is 8.42 Å². The summed E-state index contributed by atoms with van der Waals surface area (Å²) in [5.74, 6) is 1.29. The van der Waals surface area contributed by atoms with E-state index < -0.39 is 10.0 Å². The molecule has 2 aromatic heterocycles. The number of nitrogens with zero attached hydrogens (tertiary/aromatic N) is 3. The van der Waals surface area contributed by atoms with Crippen molar-refractivity contribution in [3.63, 3.8) is 0 Å². The summed E-state index contributed by atoms with van der Waals surface area (Å²) in [6.45, 7) is 0.166. The molecule has 5 rings (SSSR count). The van der Waals surface area contributed by atoms with Crippen molar-refractivity contribution in [3.8, 4) is 0 Å². The summed E-state index contributed by atoms with van der Waals surface area (Å²) in [5, 5.41) is 0. The number of benzene rings is 1. The molecule has 2 heterocycles. The van der Waals surface area contributed by atoms with Gasteiger partial charge in [-0.3, -0.25) is 0 Å². The molecule has 1 aromatic carbocycles. The number of hydrogen-bond acceptors (Lipinski definition) is 4. The molecule has 0 saturated heterocycles. The summed E-state index contributed by atoms with van der Waals surface area (Å²) in [5.41, 5.74) is 2.90. The zero-order chi connectivity index (χ0) is 19.8. The summed E-state index contributed by atoms with van der Waals surface area (Å²) in [4.78, 5) is 9.37. The second-order valence-corrected chi connectivity index (χ2v) is 9.97. The Bertz CT molecular complexity index is 1110. The molecule has 29 heavy (non-hydrogen) atoms. The van der Waals surface area contributed by atoms with E-state index in [0.29, 0.717) is 16.9 Å². The topological polar surface area (TPSA) is 76.9 Å². The molecule has 2 aliphatic rings. The van der Waals surface area contributed by atoms with Gasteiger partial charge < -0.3 is 4.57 Å². The van der Waals surface area contributed by atoms with Gasteiger partial charge in [-0.2, -0.15) is 0 Å². The first-order valence-electron chi connectivity index (χ1n) is 10.5. The third-order valence-corrected chi connectivity index (χ3v) is 7.54. The lowest BCUT2D eigenvalue weighted by molar-refractivity contribution is 0.443. The van der Waals surface area contributed by atoms with Gasteiger partial charge in [0.25, 0.3) is 0 Å². The van der Waals surface area contributed by atoms with Crippen LogP contribution < -0.4 is 4.72 Å². The first kappa shape index (κ1) is 18.8. The first-order chi connectivity index (χ1) is 14.1. The normalized spacial score (nSPS) is 18.3. The third-order valence-electron chi connectivity index (χ3n) is 6.12. The van der Waals surface area contributed by atoms with Crippen LogP contribution >= 0.6 is 0 Å². The van der Waals surface area contributed by atoms with Crippen LogP contribution in [-0.4, -0.2) is 23.0 Å². The molecule has 0 aliphatic heterocycles. The Labute approximate surface area is 171 Å². The van der Waals surface area contributed by atoms with Crippen molar-refractivity contribution < 1.29 is 8.42 Å². The van der Waals surface area contributed by atoms with Gasteiger partial charge in [0.05, 0.1) is 11.4 Å². The molecule has 0 spiro atoms. The highest BCUT2D eigenvalue weighted by Gasteiger charge is 2.29. The molecule has 3 aromatic rings. The molecular weight excluding hydrogens is 384 g/mol. The number of aromatic nitrogens is 3. The Morgan fingerprint density at radius 2 is 1.76 bits per heavy atom. The van der Waals surface area contributed by atoms with Crippen LogP contribution in [0.5, 0.6) is 0 Å². The van der Waals surface area contributed by atoms with Gasteiger partial charge in [-0.1, -0.05) is 31.4 Å². The molecule has 0 bridgehead atoms. The number of sulfonamides is 1.